The lowest BCUT2D eigenvalue weighted by molar-refractivity contribution is 0.155. The van der Waals surface area contributed by atoms with Crippen LogP contribution in [-0.4, -0.2) is 36.8 Å². The summed E-state index contributed by atoms with van der Waals surface area (Å²) in [6.45, 7) is 4.94. The zero-order valence-corrected chi connectivity index (χ0v) is 14.8. The molecule has 2 aliphatic rings. The first-order valence-corrected chi connectivity index (χ1v) is 9.32. The van der Waals surface area contributed by atoms with E-state index >= 15 is 0 Å². The molecule has 0 unspecified atom stereocenters. The van der Waals surface area contributed by atoms with Crippen molar-refractivity contribution in [2.75, 3.05) is 24.5 Å². The number of ether oxygens (including phenoxy) is 1. The van der Waals surface area contributed by atoms with Crippen LogP contribution in [0.2, 0.25) is 5.02 Å². The molecule has 4 rings (SSSR count). The van der Waals surface area contributed by atoms with Crippen LogP contribution in [0, 0.1) is 0 Å². The highest BCUT2D eigenvalue weighted by Crippen LogP contribution is 2.35. The van der Waals surface area contributed by atoms with Crippen molar-refractivity contribution < 1.29 is 9.15 Å². The molecule has 1 aliphatic carbocycles. The minimum Gasteiger partial charge on any atom is -0.486 e. The summed E-state index contributed by atoms with van der Waals surface area (Å²) in [6, 6.07) is 4.72. The molecule has 6 heteroatoms. The quantitative estimate of drug-likeness (QED) is 0.907. The monoisotopic (exact) mass is 349 g/mol. The molecule has 130 valence electrons. The van der Waals surface area contributed by atoms with E-state index in [9.17, 15) is 0 Å². The van der Waals surface area contributed by atoms with Gasteiger partial charge in [-0.2, -0.15) is 4.98 Å². The number of piperazine rings is 1. The van der Waals surface area contributed by atoms with Gasteiger partial charge in [0, 0.05) is 36.8 Å². The van der Waals surface area contributed by atoms with Gasteiger partial charge in [-0.1, -0.05) is 18.0 Å². The molecule has 2 aromatic rings. The molecular weight excluding hydrogens is 326 g/mol. The molecule has 24 heavy (non-hydrogen) atoms. The van der Waals surface area contributed by atoms with Crippen LogP contribution in [0.5, 0.6) is 5.75 Å². The van der Waals surface area contributed by atoms with Crippen molar-refractivity contribution in [1.82, 2.24) is 10.3 Å². The number of anilines is 1. The first-order valence-electron chi connectivity index (χ1n) is 8.95. The fraction of sp³-hybridized carbons (Fsp3) is 0.611. The Labute approximate surface area is 147 Å². The number of benzene rings is 1. The van der Waals surface area contributed by atoms with Gasteiger partial charge in [-0.25, -0.2) is 0 Å². The number of nitrogens with one attached hydrogen (secondary N) is 1. The average molecular weight is 350 g/mol. The van der Waals surface area contributed by atoms with Gasteiger partial charge in [-0.15, -0.1) is 0 Å². The summed E-state index contributed by atoms with van der Waals surface area (Å²) in [4.78, 5) is 6.87. The van der Waals surface area contributed by atoms with Gasteiger partial charge >= 0.3 is 0 Å². The lowest BCUT2D eigenvalue weighted by atomic mass is 9.98. The van der Waals surface area contributed by atoms with Crippen LogP contribution in [0.3, 0.4) is 0 Å². The summed E-state index contributed by atoms with van der Waals surface area (Å²) in [5.41, 5.74) is 1.49. The molecule has 1 saturated carbocycles. The van der Waals surface area contributed by atoms with Gasteiger partial charge in [-0.05, 0) is 38.7 Å². The van der Waals surface area contributed by atoms with E-state index in [4.69, 9.17) is 20.8 Å². The molecule has 2 heterocycles. The molecule has 0 bridgehead atoms. The van der Waals surface area contributed by atoms with Crippen molar-refractivity contribution in [3.8, 4) is 5.75 Å². The Hall–Kier alpha value is -1.46. The first kappa shape index (κ1) is 16.0. The maximum atomic E-state index is 6.28. The lowest BCUT2D eigenvalue weighted by Gasteiger charge is -2.32. The summed E-state index contributed by atoms with van der Waals surface area (Å²) in [7, 11) is 0. The van der Waals surface area contributed by atoms with E-state index in [2.05, 4.69) is 22.1 Å². The van der Waals surface area contributed by atoms with Crippen molar-refractivity contribution in [2.24, 2.45) is 0 Å². The number of halogens is 1. The van der Waals surface area contributed by atoms with Gasteiger partial charge in [0.05, 0.1) is 6.10 Å². The van der Waals surface area contributed by atoms with E-state index in [-0.39, 0.29) is 6.10 Å². The zero-order chi connectivity index (χ0) is 16.5. The Balaban J connectivity index is 1.66. The molecule has 0 radical (unpaired) electrons. The third-order valence-electron chi connectivity index (χ3n) is 5.00. The molecule has 5 nitrogen and oxygen atoms in total. The normalized spacial score (nSPS) is 22.9. The van der Waals surface area contributed by atoms with E-state index in [0.717, 1.165) is 43.7 Å². The van der Waals surface area contributed by atoms with Crippen LogP contribution in [-0.2, 0) is 0 Å². The standard InChI is InChI=1S/C18H24ClN3O2/c1-12-11-20-7-8-22(12)18-21-15-9-13(19)10-16(17(15)24-18)23-14-5-3-2-4-6-14/h9-10,12,14,20H,2-8,11H2,1H3/t12-/m0/s1. The third kappa shape index (κ3) is 3.20. The van der Waals surface area contributed by atoms with E-state index < -0.39 is 0 Å². The van der Waals surface area contributed by atoms with E-state index in [0.29, 0.717) is 22.7 Å². The molecule has 2 fully saturated rings. The minimum absolute atomic E-state index is 0.257. The number of nitrogens with zero attached hydrogens (tertiary/aromatic N) is 2. The topological polar surface area (TPSA) is 50.5 Å². The Kier molecular flexibility index (Phi) is 4.55. The van der Waals surface area contributed by atoms with Gasteiger partial charge in [0.25, 0.3) is 6.01 Å². The van der Waals surface area contributed by atoms with Crippen molar-refractivity contribution in [3.05, 3.63) is 17.2 Å². The largest absolute Gasteiger partial charge is 0.486 e. The summed E-state index contributed by atoms with van der Waals surface area (Å²) in [5, 5.41) is 4.03. The second-order valence-electron chi connectivity index (χ2n) is 6.87. The minimum atomic E-state index is 0.257. The first-order chi connectivity index (χ1) is 11.7. The number of fused-ring (bicyclic) bond motifs is 1. The fourth-order valence-electron chi connectivity index (χ4n) is 3.66. The molecule has 0 spiro atoms. The Bertz CT molecular complexity index is 712. The molecule has 1 aliphatic heterocycles. The maximum absolute atomic E-state index is 6.28. The van der Waals surface area contributed by atoms with Crippen LogP contribution in [0.25, 0.3) is 11.1 Å². The summed E-state index contributed by atoms with van der Waals surface area (Å²) < 4.78 is 12.3. The van der Waals surface area contributed by atoms with Crippen LogP contribution >= 0.6 is 11.6 Å². The molecule has 1 saturated heterocycles. The van der Waals surface area contributed by atoms with Gasteiger partial charge in [-0.3, -0.25) is 0 Å². The van der Waals surface area contributed by atoms with Gasteiger partial charge in [0.1, 0.15) is 5.52 Å². The van der Waals surface area contributed by atoms with E-state index in [1.807, 2.05) is 12.1 Å². The summed E-state index contributed by atoms with van der Waals surface area (Å²) >= 11 is 6.28. The molecule has 1 aromatic carbocycles. The highest BCUT2D eigenvalue weighted by atomic mass is 35.5. The smallest absolute Gasteiger partial charge is 0.298 e. The predicted molar refractivity (Wildman–Crippen MR) is 96.2 cm³/mol. The molecule has 0 amide bonds. The van der Waals surface area contributed by atoms with Crippen LogP contribution in [0.1, 0.15) is 39.0 Å². The van der Waals surface area contributed by atoms with E-state index in [1.165, 1.54) is 19.3 Å². The van der Waals surface area contributed by atoms with Crippen LogP contribution < -0.4 is 15.0 Å². The maximum Gasteiger partial charge on any atom is 0.298 e. The Morgan fingerprint density at radius 2 is 2.12 bits per heavy atom. The lowest BCUT2D eigenvalue weighted by Crippen LogP contribution is -2.50. The van der Waals surface area contributed by atoms with Gasteiger partial charge in [0.2, 0.25) is 0 Å². The molecular formula is C18H24ClN3O2. The average Bonchev–Trinajstić information content (AvgIpc) is 3.00. The van der Waals surface area contributed by atoms with Crippen molar-refractivity contribution in [3.63, 3.8) is 0 Å². The van der Waals surface area contributed by atoms with Gasteiger partial charge in [0.15, 0.2) is 11.3 Å². The number of hydrogen-bond donors (Lipinski definition) is 1. The highest BCUT2D eigenvalue weighted by molar-refractivity contribution is 6.31. The Morgan fingerprint density at radius 3 is 2.92 bits per heavy atom. The van der Waals surface area contributed by atoms with Crippen LogP contribution in [0.4, 0.5) is 6.01 Å². The van der Waals surface area contributed by atoms with Crippen molar-refractivity contribution in [1.29, 1.82) is 0 Å². The van der Waals surface area contributed by atoms with Crippen LogP contribution in [0.15, 0.2) is 16.5 Å². The van der Waals surface area contributed by atoms with E-state index in [1.54, 1.807) is 0 Å². The highest BCUT2D eigenvalue weighted by Gasteiger charge is 2.25. The van der Waals surface area contributed by atoms with Gasteiger partial charge < -0.3 is 19.4 Å². The number of rotatable bonds is 3. The number of aromatic nitrogens is 1. The predicted octanol–water partition coefficient (Wildman–Crippen LogP) is 3.99. The fourth-order valence-corrected chi connectivity index (χ4v) is 3.86. The summed E-state index contributed by atoms with van der Waals surface area (Å²) in [6.07, 6.45) is 6.22. The third-order valence-corrected chi connectivity index (χ3v) is 5.22. The zero-order valence-electron chi connectivity index (χ0n) is 14.1. The number of oxazole rings is 1. The number of hydrogen-bond acceptors (Lipinski definition) is 5. The Morgan fingerprint density at radius 1 is 1.29 bits per heavy atom. The summed E-state index contributed by atoms with van der Waals surface area (Å²) in [5.74, 6) is 0.728. The second kappa shape index (κ2) is 6.81. The SMILES string of the molecule is C[C@H]1CNCCN1c1nc2cc(Cl)cc(OC3CCCCC3)c2o1. The molecule has 1 aromatic heterocycles. The van der Waals surface area contributed by atoms with Crippen molar-refractivity contribution >= 4 is 28.7 Å². The molecule has 1 N–H and O–H groups in total. The molecule has 1 atom stereocenters. The van der Waals surface area contributed by atoms with Crippen molar-refractivity contribution in [2.45, 2.75) is 51.2 Å². The second-order valence-corrected chi connectivity index (χ2v) is 7.31.